The number of pyridine rings is 1. The molecule has 0 radical (unpaired) electrons. The normalized spacial score (nSPS) is 19.1. The lowest BCUT2D eigenvalue weighted by Gasteiger charge is -2.35. The largest absolute Gasteiger partial charge is 0.373 e. The highest BCUT2D eigenvalue weighted by Crippen LogP contribution is 2.33. The second-order valence-corrected chi connectivity index (χ2v) is 8.53. The molecule has 0 N–H and O–H groups in total. The van der Waals surface area contributed by atoms with Crippen molar-refractivity contribution in [3.05, 3.63) is 48.7 Å². The lowest BCUT2D eigenvalue weighted by Crippen LogP contribution is -2.49. The van der Waals surface area contributed by atoms with Gasteiger partial charge in [-0.25, -0.2) is 4.98 Å². The molecule has 164 valence electrons. The van der Waals surface area contributed by atoms with Crippen LogP contribution < -0.4 is 14.7 Å². The maximum Gasteiger partial charge on any atom is 0.227 e. The zero-order valence-electron chi connectivity index (χ0n) is 18.4. The summed E-state index contributed by atoms with van der Waals surface area (Å²) < 4.78 is 0. The molecular formula is C24H31N5O2. The minimum atomic E-state index is 0.0232. The second-order valence-electron chi connectivity index (χ2n) is 8.53. The van der Waals surface area contributed by atoms with Crippen LogP contribution in [0.4, 0.5) is 17.2 Å². The number of carbonyl (C=O) groups is 2. The van der Waals surface area contributed by atoms with Crippen molar-refractivity contribution in [2.24, 2.45) is 5.92 Å². The van der Waals surface area contributed by atoms with Crippen molar-refractivity contribution in [1.82, 2.24) is 9.88 Å². The second kappa shape index (κ2) is 9.37. The van der Waals surface area contributed by atoms with E-state index in [0.717, 1.165) is 36.8 Å². The molecule has 3 heterocycles. The Morgan fingerprint density at radius 2 is 1.58 bits per heavy atom. The van der Waals surface area contributed by atoms with E-state index in [4.69, 9.17) is 0 Å². The number of piperazine rings is 1. The molecule has 1 saturated heterocycles. The molecule has 1 unspecified atom stereocenters. The van der Waals surface area contributed by atoms with Crippen molar-refractivity contribution in [3.8, 4) is 0 Å². The first-order valence-corrected chi connectivity index (χ1v) is 11.1. The van der Waals surface area contributed by atoms with E-state index < -0.39 is 0 Å². The van der Waals surface area contributed by atoms with Crippen LogP contribution in [0.5, 0.6) is 0 Å². The van der Waals surface area contributed by atoms with Gasteiger partial charge < -0.3 is 19.6 Å². The summed E-state index contributed by atoms with van der Waals surface area (Å²) in [6.45, 7) is 6.60. The molecule has 2 aromatic rings. The summed E-state index contributed by atoms with van der Waals surface area (Å²) in [4.78, 5) is 38.4. The van der Waals surface area contributed by atoms with Gasteiger partial charge in [0.05, 0.1) is 11.4 Å². The van der Waals surface area contributed by atoms with Gasteiger partial charge in [-0.2, -0.15) is 0 Å². The number of fused-ring (bicyclic) bond motifs is 1. The molecule has 1 atom stereocenters. The van der Waals surface area contributed by atoms with Gasteiger partial charge in [-0.1, -0.05) is 25.1 Å². The lowest BCUT2D eigenvalue weighted by atomic mass is 10.1. The molecule has 0 spiro atoms. The fraction of sp³-hybridized carbons (Fsp3) is 0.458. The molecular weight excluding hydrogens is 390 g/mol. The summed E-state index contributed by atoms with van der Waals surface area (Å²) >= 11 is 0. The number of nitrogens with zero attached hydrogens (tertiary/aromatic N) is 5. The Morgan fingerprint density at radius 1 is 0.903 bits per heavy atom. The van der Waals surface area contributed by atoms with Crippen molar-refractivity contribution in [2.75, 3.05) is 61.0 Å². The van der Waals surface area contributed by atoms with Crippen molar-refractivity contribution in [3.63, 3.8) is 0 Å². The number of rotatable bonds is 4. The van der Waals surface area contributed by atoms with Gasteiger partial charge in [-0.3, -0.25) is 9.59 Å². The average Bonchev–Trinajstić information content (AvgIpc) is 2.94. The summed E-state index contributed by atoms with van der Waals surface area (Å²) in [5.41, 5.74) is 2.01. The average molecular weight is 422 g/mol. The Labute approximate surface area is 184 Å². The van der Waals surface area contributed by atoms with Crippen LogP contribution in [0.2, 0.25) is 0 Å². The van der Waals surface area contributed by atoms with E-state index in [9.17, 15) is 9.59 Å². The topological polar surface area (TPSA) is 60.0 Å². The third-order valence-corrected chi connectivity index (χ3v) is 6.12. The number of hydrogen-bond donors (Lipinski definition) is 0. The Kier molecular flexibility index (Phi) is 6.39. The van der Waals surface area contributed by atoms with Crippen LogP contribution in [0, 0.1) is 5.92 Å². The maximum atomic E-state index is 13.1. The van der Waals surface area contributed by atoms with Crippen LogP contribution in [-0.2, 0) is 9.59 Å². The molecule has 31 heavy (non-hydrogen) atoms. The van der Waals surface area contributed by atoms with E-state index >= 15 is 0 Å². The predicted octanol–water partition coefficient (Wildman–Crippen LogP) is 2.63. The van der Waals surface area contributed by atoms with Crippen molar-refractivity contribution >= 4 is 29.0 Å². The molecule has 7 heteroatoms. The number of anilines is 3. The Morgan fingerprint density at radius 3 is 2.29 bits per heavy atom. The summed E-state index contributed by atoms with van der Waals surface area (Å²) in [5.74, 6) is 1.39. The smallest absolute Gasteiger partial charge is 0.227 e. The van der Waals surface area contributed by atoms with Crippen molar-refractivity contribution in [1.29, 1.82) is 0 Å². The maximum absolute atomic E-state index is 13.1. The first-order valence-electron chi connectivity index (χ1n) is 11.1. The minimum absolute atomic E-state index is 0.0232. The van der Waals surface area contributed by atoms with Gasteiger partial charge in [-0.15, -0.1) is 0 Å². The first kappa shape index (κ1) is 21.2. The minimum Gasteiger partial charge on any atom is -0.373 e. The van der Waals surface area contributed by atoms with E-state index in [1.165, 1.54) is 0 Å². The van der Waals surface area contributed by atoms with Crippen molar-refractivity contribution < 1.29 is 9.59 Å². The van der Waals surface area contributed by atoms with Gasteiger partial charge in [0, 0.05) is 65.4 Å². The first-order chi connectivity index (χ1) is 15.0. The number of hydrogen-bond acceptors (Lipinski definition) is 5. The molecule has 2 amide bonds. The van der Waals surface area contributed by atoms with Gasteiger partial charge in [0.1, 0.15) is 5.82 Å². The highest BCUT2D eigenvalue weighted by atomic mass is 16.2. The standard InChI is InChI=1S/C24H31N5O2/c1-19-17-26(2)20-7-3-4-8-21(20)29(18-19)24(31)11-10-23(30)28-15-13-27(14-16-28)22-9-5-6-12-25-22/h3-9,12,19H,10-11,13-18H2,1-2H3. The Balaban J connectivity index is 1.33. The molecule has 4 rings (SSSR count). The number of carbonyl (C=O) groups excluding carboxylic acids is 2. The van der Waals surface area contributed by atoms with Gasteiger partial charge in [0.15, 0.2) is 0 Å². The molecule has 1 fully saturated rings. The summed E-state index contributed by atoms with van der Waals surface area (Å²) in [6.07, 6.45) is 2.29. The van der Waals surface area contributed by atoms with E-state index in [2.05, 4.69) is 34.8 Å². The molecule has 2 aliphatic rings. The van der Waals surface area contributed by atoms with E-state index in [0.29, 0.717) is 25.6 Å². The van der Waals surface area contributed by atoms with E-state index in [-0.39, 0.29) is 24.7 Å². The highest BCUT2D eigenvalue weighted by Gasteiger charge is 2.28. The third-order valence-electron chi connectivity index (χ3n) is 6.12. The van der Waals surface area contributed by atoms with Gasteiger partial charge >= 0.3 is 0 Å². The fourth-order valence-corrected chi connectivity index (χ4v) is 4.52. The van der Waals surface area contributed by atoms with Crippen LogP contribution in [0.15, 0.2) is 48.7 Å². The van der Waals surface area contributed by atoms with Gasteiger partial charge in [-0.05, 0) is 30.2 Å². The molecule has 0 aliphatic carbocycles. The number of benzene rings is 1. The summed E-state index contributed by atoms with van der Waals surface area (Å²) in [5, 5.41) is 0. The highest BCUT2D eigenvalue weighted by molar-refractivity contribution is 5.98. The molecule has 7 nitrogen and oxygen atoms in total. The molecule has 1 aromatic carbocycles. The third kappa shape index (κ3) is 4.81. The van der Waals surface area contributed by atoms with Crippen LogP contribution in [0.25, 0.3) is 0 Å². The quantitative estimate of drug-likeness (QED) is 0.760. The van der Waals surface area contributed by atoms with Gasteiger partial charge in [0.2, 0.25) is 11.8 Å². The van der Waals surface area contributed by atoms with Crippen LogP contribution in [-0.4, -0.2) is 68.0 Å². The van der Waals surface area contributed by atoms with Crippen LogP contribution >= 0.6 is 0 Å². The van der Waals surface area contributed by atoms with Crippen LogP contribution in [0.3, 0.4) is 0 Å². The predicted molar refractivity (Wildman–Crippen MR) is 123 cm³/mol. The SMILES string of the molecule is CC1CN(C)c2ccccc2N(C(=O)CCC(=O)N2CCN(c3ccccn3)CC2)C1. The zero-order valence-corrected chi connectivity index (χ0v) is 18.4. The Hall–Kier alpha value is -3.09. The molecule has 0 bridgehead atoms. The van der Waals surface area contributed by atoms with E-state index in [1.54, 1.807) is 6.20 Å². The van der Waals surface area contributed by atoms with E-state index in [1.807, 2.05) is 46.2 Å². The fourth-order valence-electron chi connectivity index (χ4n) is 4.52. The monoisotopic (exact) mass is 421 g/mol. The zero-order chi connectivity index (χ0) is 21.8. The number of aromatic nitrogens is 1. The molecule has 0 saturated carbocycles. The summed E-state index contributed by atoms with van der Waals surface area (Å²) in [7, 11) is 2.07. The number of amides is 2. The molecule has 1 aromatic heterocycles. The van der Waals surface area contributed by atoms with Crippen molar-refractivity contribution in [2.45, 2.75) is 19.8 Å². The van der Waals surface area contributed by atoms with Gasteiger partial charge in [0.25, 0.3) is 0 Å². The lowest BCUT2D eigenvalue weighted by molar-refractivity contribution is -0.133. The summed E-state index contributed by atoms with van der Waals surface area (Å²) in [6, 6.07) is 13.9. The molecule has 2 aliphatic heterocycles. The van der Waals surface area contributed by atoms with Crippen LogP contribution in [0.1, 0.15) is 19.8 Å². The number of para-hydroxylation sites is 2. The Bertz CT molecular complexity index is 911.